The molecular formula is C11H11N3O2. The molecule has 0 aliphatic rings. The normalized spacial score (nSPS) is 10.2. The van der Waals surface area contributed by atoms with E-state index in [4.69, 9.17) is 0 Å². The van der Waals surface area contributed by atoms with Crippen LogP contribution in [0.4, 0.5) is 5.69 Å². The first-order chi connectivity index (χ1) is 7.72. The maximum atomic E-state index is 11.5. The van der Waals surface area contributed by atoms with Crippen molar-refractivity contribution in [1.29, 1.82) is 0 Å². The number of nitrogens with one attached hydrogen (secondary N) is 3. The molecular weight excluding hydrogens is 206 g/mol. The Bertz CT molecular complexity index is 639. The van der Waals surface area contributed by atoms with E-state index < -0.39 is 0 Å². The molecule has 0 saturated heterocycles. The number of rotatable bonds is 3. The highest BCUT2D eigenvalue weighted by Crippen LogP contribution is 2.12. The molecule has 0 aliphatic carbocycles. The summed E-state index contributed by atoms with van der Waals surface area (Å²) < 4.78 is 0. The number of hydrogen-bond donors (Lipinski definition) is 3. The van der Waals surface area contributed by atoms with E-state index in [1.54, 1.807) is 24.3 Å². The van der Waals surface area contributed by atoms with Crippen molar-refractivity contribution >= 4 is 16.5 Å². The first kappa shape index (κ1) is 10.2. The van der Waals surface area contributed by atoms with Crippen molar-refractivity contribution in [3.05, 3.63) is 51.6 Å². The molecule has 0 fully saturated rings. The highest BCUT2D eigenvalue weighted by atomic mass is 16.1. The van der Waals surface area contributed by atoms with Gasteiger partial charge in [-0.3, -0.25) is 19.8 Å². The van der Waals surface area contributed by atoms with E-state index in [-0.39, 0.29) is 11.1 Å². The second-order valence-corrected chi connectivity index (χ2v) is 3.34. The lowest BCUT2D eigenvalue weighted by molar-refractivity contribution is 0.976. The van der Waals surface area contributed by atoms with E-state index in [1.807, 2.05) is 0 Å². The maximum absolute atomic E-state index is 11.5. The summed E-state index contributed by atoms with van der Waals surface area (Å²) >= 11 is 0. The fourth-order valence-electron chi connectivity index (χ4n) is 1.48. The van der Waals surface area contributed by atoms with Crippen LogP contribution in [0.1, 0.15) is 0 Å². The molecule has 82 valence electrons. The smallest absolute Gasteiger partial charge is 0.270 e. The summed E-state index contributed by atoms with van der Waals surface area (Å²) in [5.41, 5.74) is 0.172. The van der Waals surface area contributed by atoms with Gasteiger partial charge in [0.15, 0.2) is 0 Å². The third-order valence-electron chi connectivity index (χ3n) is 2.25. The molecule has 0 bridgehead atoms. The van der Waals surface area contributed by atoms with E-state index in [0.29, 0.717) is 17.3 Å². The molecule has 2 aromatic rings. The number of aromatic nitrogens is 2. The molecule has 0 saturated carbocycles. The third-order valence-corrected chi connectivity index (χ3v) is 2.25. The zero-order valence-electron chi connectivity index (χ0n) is 8.54. The van der Waals surface area contributed by atoms with Crippen LogP contribution in [-0.2, 0) is 0 Å². The van der Waals surface area contributed by atoms with E-state index in [2.05, 4.69) is 22.1 Å². The third kappa shape index (κ3) is 1.75. The van der Waals surface area contributed by atoms with Gasteiger partial charge in [0.05, 0.1) is 10.8 Å². The molecule has 5 heteroatoms. The van der Waals surface area contributed by atoms with E-state index in [9.17, 15) is 9.59 Å². The number of anilines is 1. The Morgan fingerprint density at radius 2 is 1.88 bits per heavy atom. The SMILES string of the molecule is C=CCNc1ccc2c(=O)[nH][nH]c(=O)c2c1. The van der Waals surface area contributed by atoms with E-state index in [1.165, 1.54) is 0 Å². The minimum absolute atomic E-state index is 0.301. The van der Waals surface area contributed by atoms with Crippen molar-refractivity contribution in [3.8, 4) is 0 Å². The number of hydrogen-bond acceptors (Lipinski definition) is 3. The molecule has 0 atom stereocenters. The van der Waals surface area contributed by atoms with Gasteiger partial charge in [-0.05, 0) is 18.2 Å². The minimum Gasteiger partial charge on any atom is -0.382 e. The fraction of sp³-hybridized carbons (Fsp3) is 0.0909. The molecule has 0 spiro atoms. The van der Waals surface area contributed by atoms with Gasteiger partial charge >= 0.3 is 0 Å². The van der Waals surface area contributed by atoms with Crippen molar-refractivity contribution in [2.75, 3.05) is 11.9 Å². The molecule has 0 amide bonds. The zero-order chi connectivity index (χ0) is 11.5. The van der Waals surface area contributed by atoms with Gasteiger partial charge in [0.1, 0.15) is 0 Å². The highest BCUT2D eigenvalue weighted by Gasteiger charge is 2.03. The van der Waals surface area contributed by atoms with Crippen LogP contribution in [-0.4, -0.2) is 16.7 Å². The minimum atomic E-state index is -0.308. The average molecular weight is 217 g/mol. The molecule has 1 aromatic carbocycles. The van der Waals surface area contributed by atoms with Gasteiger partial charge in [0.2, 0.25) is 0 Å². The van der Waals surface area contributed by atoms with Gasteiger partial charge < -0.3 is 5.32 Å². The second kappa shape index (κ2) is 4.06. The monoisotopic (exact) mass is 217 g/mol. The lowest BCUT2D eigenvalue weighted by atomic mass is 10.2. The van der Waals surface area contributed by atoms with Gasteiger partial charge in [-0.2, -0.15) is 0 Å². The Morgan fingerprint density at radius 1 is 1.19 bits per heavy atom. The van der Waals surface area contributed by atoms with Crippen molar-refractivity contribution < 1.29 is 0 Å². The largest absolute Gasteiger partial charge is 0.382 e. The molecule has 2 rings (SSSR count). The van der Waals surface area contributed by atoms with Gasteiger partial charge in [-0.25, -0.2) is 0 Å². The van der Waals surface area contributed by atoms with E-state index >= 15 is 0 Å². The number of aromatic amines is 2. The lowest BCUT2D eigenvalue weighted by Crippen LogP contribution is -2.18. The van der Waals surface area contributed by atoms with Crippen LogP contribution in [0.25, 0.3) is 10.8 Å². The van der Waals surface area contributed by atoms with Crippen molar-refractivity contribution in [2.45, 2.75) is 0 Å². The highest BCUT2D eigenvalue weighted by molar-refractivity contribution is 5.83. The van der Waals surface area contributed by atoms with Crippen LogP contribution < -0.4 is 16.4 Å². The molecule has 3 N–H and O–H groups in total. The van der Waals surface area contributed by atoms with Gasteiger partial charge in [0.25, 0.3) is 11.1 Å². The predicted octanol–water partition coefficient (Wildman–Crippen LogP) is 0.814. The molecule has 0 aliphatic heterocycles. The molecule has 5 nitrogen and oxygen atoms in total. The fourth-order valence-corrected chi connectivity index (χ4v) is 1.48. The summed E-state index contributed by atoms with van der Waals surface area (Å²) in [6.07, 6.45) is 1.71. The Kier molecular flexibility index (Phi) is 2.59. The molecule has 1 heterocycles. The van der Waals surface area contributed by atoms with Crippen molar-refractivity contribution in [2.24, 2.45) is 0 Å². The zero-order valence-corrected chi connectivity index (χ0v) is 8.54. The number of H-pyrrole nitrogens is 2. The lowest BCUT2D eigenvalue weighted by Gasteiger charge is -2.03. The quantitative estimate of drug-likeness (QED) is 0.666. The number of fused-ring (bicyclic) bond motifs is 1. The summed E-state index contributed by atoms with van der Waals surface area (Å²) in [4.78, 5) is 22.9. The number of benzene rings is 1. The van der Waals surface area contributed by atoms with Crippen LogP contribution in [0.2, 0.25) is 0 Å². The summed E-state index contributed by atoms with van der Waals surface area (Å²) in [6.45, 7) is 4.19. The molecule has 0 radical (unpaired) electrons. The Labute approximate surface area is 90.8 Å². The summed E-state index contributed by atoms with van der Waals surface area (Å²) in [6, 6.07) is 5.02. The molecule has 16 heavy (non-hydrogen) atoms. The standard InChI is InChI=1S/C11H11N3O2/c1-2-5-12-7-3-4-8-9(6-7)11(16)14-13-10(8)15/h2-4,6,12H,1,5H2,(H,13,15)(H,14,16). The van der Waals surface area contributed by atoms with Crippen molar-refractivity contribution in [3.63, 3.8) is 0 Å². The van der Waals surface area contributed by atoms with E-state index in [0.717, 1.165) is 5.69 Å². The molecule has 1 aromatic heterocycles. The van der Waals surface area contributed by atoms with Crippen LogP contribution in [0.5, 0.6) is 0 Å². The van der Waals surface area contributed by atoms with Gasteiger partial charge in [-0.1, -0.05) is 6.08 Å². The summed E-state index contributed by atoms with van der Waals surface area (Å²) in [5.74, 6) is 0. The maximum Gasteiger partial charge on any atom is 0.270 e. The van der Waals surface area contributed by atoms with Gasteiger partial charge in [0, 0.05) is 12.2 Å². The van der Waals surface area contributed by atoms with Crippen LogP contribution in [0, 0.1) is 0 Å². The Hall–Kier alpha value is -2.30. The first-order valence-electron chi connectivity index (χ1n) is 4.82. The van der Waals surface area contributed by atoms with Gasteiger partial charge in [-0.15, -0.1) is 6.58 Å². The van der Waals surface area contributed by atoms with Crippen molar-refractivity contribution in [1.82, 2.24) is 10.2 Å². The van der Waals surface area contributed by atoms with Crippen LogP contribution >= 0.6 is 0 Å². The average Bonchev–Trinajstić information content (AvgIpc) is 2.31. The van der Waals surface area contributed by atoms with Crippen LogP contribution in [0.3, 0.4) is 0 Å². The predicted molar refractivity (Wildman–Crippen MR) is 63.9 cm³/mol. The summed E-state index contributed by atoms with van der Waals surface area (Å²) in [5, 5.41) is 8.37. The second-order valence-electron chi connectivity index (χ2n) is 3.34. The Balaban J connectivity index is 2.61. The summed E-state index contributed by atoms with van der Waals surface area (Å²) in [7, 11) is 0. The first-order valence-corrected chi connectivity index (χ1v) is 4.82. The van der Waals surface area contributed by atoms with Crippen LogP contribution in [0.15, 0.2) is 40.4 Å². The Morgan fingerprint density at radius 3 is 2.56 bits per heavy atom. The molecule has 0 unspecified atom stereocenters. The topological polar surface area (TPSA) is 77.8 Å².